The van der Waals surface area contributed by atoms with E-state index in [1.54, 1.807) is 20.3 Å². The van der Waals surface area contributed by atoms with Crippen molar-refractivity contribution in [1.29, 1.82) is 0 Å². The van der Waals surface area contributed by atoms with Gasteiger partial charge in [-0.05, 0) is 6.07 Å². The standard InChI is InChI=1S/C13H18N4O3/c1-18-10-4-3-9-11(16-10)17(12(14)15-9)7-13(19-2)5-6-20-8-13/h3-4H,5-8H2,1-2H3,(H2,14,15). The van der Waals surface area contributed by atoms with Crippen molar-refractivity contribution in [1.82, 2.24) is 14.5 Å². The maximum atomic E-state index is 6.01. The van der Waals surface area contributed by atoms with Crippen LogP contribution in [0.15, 0.2) is 12.1 Å². The van der Waals surface area contributed by atoms with Gasteiger partial charge in [0.25, 0.3) is 0 Å². The van der Waals surface area contributed by atoms with Gasteiger partial charge in [-0.15, -0.1) is 0 Å². The van der Waals surface area contributed by atoms with E-state index < -0.39 is 0 Å². The van der Waals surface area contributed by atoms with Gasteiger partial charge in [0.15, 0.2) is 5.65 Å². The summed E-state index contributed by atoms with van der Waals surface area (Å²) in [7, 11) is 3.28. The van der Waals surface area contributed by atoms with Crippen LogP contribution >= 0.6 is 0 Å². The highest BCUT2D eigenvalue weighted by Crippen LogP contribution is 2.28. The normalized spacial score (nSPS) is 22.5. The number of methoxy groups -OCH3 is 2. The van der Waals surface area contributed by atoms with E-state index in [0.29, 0.717) is 37.2 Å². The molecule has 7 nitrogen and oxygen atoms in total. The summed E-state index contributed by atoms with van der Waals surface area (Å²) in [4.78, 5) is 8.75. The lowest BCUT2D eigenvalue weighted by atomic mass is 10.0. The van der Waals surface area contributed by atoms with Gasteiger partial charge in [0.2, 0.25) is 11.8 Å². The highest BCUT2D eigenvalue weighted by molar-refractivity contribution is 5.74. The van der Waals surface area contributed by atoms with Gasteiger partial charge in [-0.3, -0.25) is 4.57 Å². The quantitative estimate of drug-likeness (QED) is 0.891. The number of fused-ring (bicyclic) bond motifs is 1. The molecule has 1 unspecified atom stereocenters. The van der Waals surface area contributed by atoms with Crippen molar-refractivity contribution in [2.75, 3.05) is 33.2 Å². The van der Waals surface area contributed by atoms with Crippen LogP contribution < -0.4 is 10.5 Å². The monoisotopic (exact) mass is 278 g/mol. The second-order valence-corrected chi connectivity index (χ2v) is 4.94. The van der Waals surface area contributed by atoms with Gasteiger partial charge in [-0.2, -0.15) is 4.98 Å². The van der Waals surface area contributed by atoms with E-state index in [4.69, 9.17) is 19.9 Å². The van der Waals surface area contributed by atoms with E-state index in [2.05, 4.69) is 9.97 Å². The highest BCUT2D eigenvalue weighted by Gasteiger charge is 2.36. The molecule has 1 aliphatic heterocycles. The SMILES string of the molecule is COc1ccc2nc(N)n(CC3(OC)CCOC3)c2n1. The summed E-state index contributed by atoms with van der Waals surface area (Å²) in [6.07, 6.45) is 0.826. The van der Waals surface area contributed by atoms with Gasteiger partial charge in [0, 0.05) is 26.2 Å². The summed E-state index contributed by atoms with van der Waals surface area (Å²) in [5.74, 6) is 0.955. The zero-order chi connectivity index (χ0) is 14.2. The zero-order valence-electron chi connectivity index (χ0n) is 11.6. The average molecular weight is 278 g/mol. The summed E-state index contributed by atoms with van der Waals surface area (Å²) in [5, 5.41) is 0. The van der Waals surface area contributed by atoms with Crippen LogP contribution in [0.1, 0.15) is 6.42 Å². The minimum atomic E-state index is -0.369. The number of imidazole rings is 1. The number of rotatable bonds is 4. The molecule has 2 N–H and O–H groups in total. The molecular formula is C13H18N4O3. The molecular weight excluding hydrogens is 260 g/mol. The van der Waals surface area contributed by atoms with Gasteiger partial charge in [0.1, 0.15) is 11.1 Å². The Kier molecular flexibility index (Phi) is 3.23. The molecule has 0 aromatic carbocycles. The number of hydrogen-bond donors (Lipinski definition) is 1. The summed E-state index contributed by atoms with van der Waals surface area (Å²) >= 11 is 0. The molecule has 7 heteroatoms. The van der Waals surface area contributed by atoms with Crippen LogP contribution in [0.2, 0.25) is 0 Å². The number of hydrogen-bond acceptors (Lipinski definition) is 6. The van der Waals surface area contributed by atoms with Crippen LogP contribution in [0.4, 0.5) is 5.95 Å². The molecule has 1 saturated heterocycles. The summed E-state index contributed by atoms with van der Waals surface area (Å²) < 4.78 is 18.1. The lowest BCUT2D eigenvalue weighted by molar-refractivity contribution is -0.0284. The number of pyridine rings is 1. The topological polar surface area (TPSA) is 84.4 Å². The second-order valence-electron chi connectivity index (χ2n) is 4.94. The molecule has 1 fully saturated rings. The first-order chi connectivity index (χ1) is 9.67. The Bertz CT molecular complexity index is 619. The molecule has 0 radical (unpaired) electrons. The number of aromatic nitrogens is 3. The van der Waals surface area contributed by atoms with Crippen LogP contribution in [-0.4, -0.2) is 47.6 Å². The summed E-state index contributed by atoms with van der Waals surface area (Å²) in [5.41, 5.74) is 7.09. The van der Waals surface area contributed by atoms with Gasteiger partial charge in [-0.1, -0.05) is 0 Å². The maximum Gasteiger partial charge on any atom is 0.215 e. The maximum absolute atomic E-state index is 6.01. The third-order valence-corrected chi connectivity index (χ3v) is 3.75. The molecule has 0 spiro atoms. The molecule has 2 aromatic heterocycles. The van der Waals surface area contributed by atoms with Crippen LogP contribution in [-0.2, 0) is 16.0 Å². The number of anilines is 1. The number of ether oxygens (including phenoxy) is 3. The zero-order valence-corrected chi connectivity index (χ0v) is 11.6. The van der Waals surface area contributed by atoms with Crippen molar-refractivity contribution >= 4 is 17.1 Å². The molecule has 1 aliphatic rings. The average Bonchev–Trinajstić information content (AvgIpc) is 3.05. The molecule has 0 amide bonds. The third kappa shape index (κ3) is 2.08. The van der Waals surface area contributed by atoms with E-state index in [-0.39, 0.29) is 5.60 Å². The van der Waals surface area contributed by atoms with E-state index in [9.17, 15) is 0 Å². The first-order valence-corrected chi connectivity index (χ1v) is 6.47. The fraction of sp³-hybridized carbons (Fsp3) is 0.538. The fourth-order valence-corrected chi connectivity index (χ4v) is 2.50. The van der Waals surface area contributed by atoms with Crippen LogP contribution in [0.25, 0.3) is 11.2 Å². The molecule has 2 aromatic rings. The Balaban J connectivity index is 2.03. The number of nitrogen functional groups attached to an aromatic ring is 1. The molecule has 1 atom stereocenters. The fourth-order valence-electron chi connectivity index (χ4n) is 2.50. The van der Waals surface area contributed by atoms with E-state index in [1.165, 1.54) is 0 Å². The number of nitrogens with zero attached hydrogens (tertiary/aromatic N) is 3. The van der Waals surface area contributed by atoms with Gasteiger partial charge >= 0.3 is 0 Å². The molecule has 0 bridgehead atoms. The van der Waals surface area contributed by atoms with Crippen LogP contribution in [0.3, 0.4) is 0 Å². The Morgan fingerprint density at radius 3 is 2.90 bits per heavy atom. The van der Waals surface area contributed by atoms with Crippen molar-refractivity contribution in [3.8, 4) is 5.88 Å². The van der Waals surface area contributed by atoms with E-state index in [0.717, 1.165) is 11.9 Å². The van der Waals surface area contributed by atoms with Crippen LogP contribution in [0.5, 0.6) is 5.88 Å². The first-order valence-electron chi connectivity index (χ1n) is 6.47. The Morgan fingerprint density at radius 2 is 2.25 bits per heavy atom. The molecule has 3 rings (SSSR count). The van der Waals surface area contributed by atoms with E-state index in [1.807, 2.05) is 10.6 Å². The van der Waals surface area contributed by atoms with Gasteiger partial charge in [-0.25, -0.2) is 4.98 Å². The lowest BCUT2D eigenvalue weighted by Gasteiger charge is -2.26. The minimum absolute atomic E-state index is 0.369. The predicted molar refractivity (Wildman–Crippen MR) is 73.7 cm³/mol. The van der Waals surface area contributed by atoms with Crippen molar-refractivity contribution in [2.45, 2.75) is 18.6 Å². The predicted octanol–water partition coefficient (Wildman–Crippen LogP) is 0.828. The van der Waals surface area contributed by atoms with Crippen molar-refractivity contribution in [3.63, 3.8) is 0 Å². The molecule has 0 saturated carbocycles. The summed E-state index contributed by atoms with van der Waals surface area (Å²) in [6, 6.07) is 3.61. The summed E-state index contributed by atoms with van der Waals surface area (Å²) in [6.45, 7) is 1.80. The molecule has 108 valence electrons. The first kappa shape index (κ1) is 13.1. The largest absolute Gasteiger partial charge is 0.481 e. The molecule has 20 heavy (non-hydrogen) atoms. The molecule has 0 aliphatic carbocycles. The smallest absolute Gasteiger partial charge is 0.215 e. The minimum Gasteiger partial charge on any atom is -0.481 e. The van der Waals surface area contributed by atoms with Crippen molar-refractivity contribution in [2.24, 2.45) is 0 Å². The van der Waals surface area contributed by atoms with Gasteiger partial charge < -0.3 is 19.9 Å². The highest BCUT2D eigenvalue weighted by atomic mass is 16.5. The van der Waals surface area contributed by atoms with Crippen molar-refractivity contribution < 1.29 is 14.2 Å². The van der Waals surface area contributed by atoms with Crippen LogP contribution in [0, 0.1) is 0 Å². The number of nitrogens with two attached hydrogens (primary N) is 1. The second kappa shape index (κ2) is 4.92. The van der Waals surface area contributed by atoms with Crippen molar-refractivity contribution in [3.05, 3.63) is 12.1 Å². The van der Waals surface area contributed by atoms with Gasteiger partial charge in [0.05, 0.1) is 20.3 Å². The Labute approximate surface area is 116 Å². The Hall–Kier alpha value is -1.86. The third-order valence-electron chi connectivity index (χ3n) is 3.75. The lowest BCUT2D eigenvalue weighted by Crippen LogP contribution is -2.37. The van der Waals surface area contributed by atoms with E-state index >= 15 is 0 Å². The Morgan fingerprint density at radius 1 is 1.40 bits per heavy atom. The molecule has 3 heterocycles.